The molecule has 0 saturated carbocycles. The summed E-state index contributed by atoms with van der Waals surface area (Å²) in [6.45, 7) is 0.338. The number of aromatic nitrogens is 2. The van der Waals surface area contributed by atoms with Gasteiger partial charge in [0.05, 0.1) is 5.75 Å². The molecule has 0 bridgehead atoms. The number of carbonyl (C=O) groups excluding carboxylic acids is 1. The van der Waals surface area contributed by atoms with E-state index in [0.717, 1.165) is 11.5 Å². The van der Waals surface area contributed by atoms with Crippen molar-refractivity contribution in [3.63, 3.8) is 0 Å². The number of sulfonamides is 1. The van der Waals surface area contributed by atoms with Gasteiger partial charge in [-0.2, -0.15) is 4.37 Å². The van der Waals surface area contributed by atoms with Gasteiger partial charge in [0.25, 0.3) is 0 Å². The minimum Gasteiger partial charge on any atom is -0.287 e. The van der Waals surface area contributed by atoms with Crippen molar-refractivity contribution in [3.8, 4) is 0 Å². The predicted octanol–water partition coefficient (Wildman–Crippen LogP) is -0.820. The lowest BCUT2D eigenvalue weighted by atomic mass is 10.1. The summed E-state index contributed by atoms with van der Waals surface area (Å²) in [4.78, 5) is 17.0. The second-order valence-electron chi connectivity index (χ2n) is 3.63. The topological polar surface area (TPSA) is 106 Å². The van der Waals surface area contributed by atoms with Gasteiger partial charge in [0.1, 0.15) is 6.33 Å². The molecule has 0 aliphatic carbocycles. The second kappa shape index (κ2) is 4.07. The molecule has 2 rings (SSSR count). The Morgan fingerprint density at radius 1 is 1.62 bits per heavy atom. The van der Waals surface area contributed by atoms with Crippen molar-refractivity contribution in [1.29, 1.82) is 0 Å². The van der Waals surface area contributed by atoms with Crippen molar-refractivity contribution < 1.29 is 13.2 Å². The van der Waals surface area contributed by atoms with Crippen LogP contribution in [-0.2, 0) is 14.8 Å². The lowest BCUT2D eigenvalue weighted by Gasteiger charge is -2.11. The number of rotatable bonds is 3. The van der Waals surface area contributed by atoms with Crippen molar-refractivity contribution in [3.05, 3.63) is 6.33 Å². The van der Waals surface area contributed by atoms with E-state index in [1.807, 2.05) is 0 Å². The summed E-state index contributed by atoms with van der Waals surface area (Å²) < 4.78 is 25.6. The molecule has 2 N–H and O–H groups in total. The summed E-state index contributed by atoms with van der Waals surface area (Å²) in [5.74, 6) is -0.564. The van der Waals surface area contributed by atoms with Crippen LogP contribution in [0.15, 0.2) is 6.33 Å². The van der Waals surface area contributed by atoms with E-state index in [9.17, 15) is 13.2 Å². The van der Waals surface area contributed by atoms with Crippen molar-refractivity contribution in [2.24, 2.45) is 11.1 Å². The largest absolute Gasteiger partial charge is 0.287 e. The zero-order valence-corrected chi connectivity index (χ0v) is 9.87. The lowest BCUT2D eigenvalue weighted by Crippen LogP contribution is -2.27. The Morgan fingerprint density at radius 3 is 2.94 bits per heavy atom. The highest BCUT2D eigenvalue weighted by Crippen LogP contribution is 2.25. The average Bonchev–Trinajstić information content (AvgIpc) is 2.71. The first-order valence-corrected chi connectivity index (χ1v) is 7.02. The van der Waals surface area contributed by atoms with Crippen molar-refractivity contribution in [2.75, 3.05) is 17.2 Å². The average molecular weight is 262 g/mol. The third kappa shape index (κ3) is 2.54. The second-order valence-corrected chi connectivity index (χ2v) is 6.05. The molecule has 1 fully saturated rings. The molecule has 0 spiro atoms. The Hall–Kier alpha value is -1.06. The zero-order valence-electron chi connectivity index (χ0n) is 8.24. The Bertz CT molecular complexity index is 484. The van der Waals surface area contributed by atoms with E-state index in [2.05, 4.69) is 9.36 Å². The molecule has 1 aromatic rings. The molecule has 2 heterocycles. The Morgan fingerprint density at radius 2 is 2.38 bits per heavy atom. The molecular weight excluding hydrogens is 252 g/mol. The molecule has 1 atom stereocenters. The first-order chi connectivity index (χ1) is 7.46. The highest BCUT2D eigenvalue weighted by molar-refractivity contribution is 7.89. The van der Waals surface area contributed by atoms with Gasteiger partial charge in [-0.3, -0.25) is 9.69 Å². The Labute approximate surface area is 96.5 Å². The maximum Gasteiger partial charge on any atom is 0.229 e. The van der Waals surface area contributed by atoms with E-state index >= 15 is 0 Å². The van der Waals surface area contributed by atoms with Gasteiger partial charge in [-0.15, -0.1) is 0 Å². The van der Waals surface area contributed by atoms with Crippen molar-refractivity contribution in [1.82, 2.24) is 9.36 Å². The van der Waals surface area contributed by atoms with Crippen LogP contribution in [0, 0.1) is 5.92 Å². The number of hydrogen-bond acceptors (Lipinski definition) is 6. The maximum atomic E-state index is 11.6. The molecule has 0 aromatic carbocycles. The molecule has 0 radical (unpaired) electrons. The first-order valence-electron chi connectivity index (χ1n) is 4.53. The highest BCUT2D eigenvalue weighted by atomic mass is 32.2. The molecule has 1 saturated heterocycles. The molecule has 7 nitrogen and oxygen atoms in total. The van der Waals surface area contributed by atoms with Crippen LogP contribution >= 0.6 is 11.5 Å². The van der Waals surface area contributed by atoms with Crippen LogP contribution in [0.1, 0.15) is 6.42 Å². The zero-order chi connectivity index (χ0) is 11.8. The lowest BCUT2D eigenvalue weighted by molar-refractivity contribution is -0.117. The van der Waals surface area contributed by atoms with E-state index in [-0.39, 0.29) is 24.0 Å². The fraction of sp³-hybridized carbons (Fsp3) is 0.571. The number of hydrogen-bond donors (Lipinski definition) is 1. The molecule has 1 aliphatic heterocycles. The van der Waals surface area contributed by atoms with Crippen LogP contribution in [0.5, 0.6) is 0 Å². The van der Waals surface area contributed by atoms with Crippen LogP contribution in [0.25, 0.3) is 0 Å². The van der Waals surface area contributed by atoms with Crippen molar-refractivity contribution >= 4 is 32.6 Å². The molecule has 88 valence electrons. The highest BCUT2D eigenvalue weighted by Gasteiger charge is 2.34. The summed E-state index contributed by atoms with van der Waals surface area (Å²) in [5, 5.41) is 5.44. The van der Waals surface area contributed by atoms with Gasteiger partial charge in [-0.1, -0.05) is 0 Å². The predicted molar refractivity (Wildman–Crippen MR) is 58.3 cm³/mol. The van der Waals surface area contributed by atoms with E-state index in [0.29, 0.717) is 11.7 Å². The monoisotopic (exact) mass is 262 g/mol. The van der Waals surface area contributed by atoms with Gasteiger partial charge in [-0.25, -0.2) is 18.5 Å². The number of primary sulfonamides is 1. The number of carbonyl (C=O) groups is 1. The molecule has 9 heteroatoms. The number of nitrogens with two attached hydrogens (primary N) is 1. The molecule has 1 unspecified atom stereocenters. The van der Waals surface area contributed by atoms with E-state index < -0.39 is 10.0 Å². The minimum absolute atomic E-state index is 0.134. The fourth-order valence-electron chi connectivity index (χ4n) is 1.69. The summed E-state index contributed by atoms with van der Waals surface area (Å²) in [6, 6.07) is 0. The van der Waals surface area contributed by atoms with Gasteiger partial charge in [0.2, 0.25) is 21.1 Å². The standard InChI is InChI=1S/C7H10N4O3S2/c8-16(13,14)3-5-1-6(12)11(2-5)7-9-4-10-15-7/h4-5H,1-3H2,(H2,8,13,14). The van der Waals surface area contributed by atoms with Gasteiger partial charge in [0, 0.05) is 30.4 Å². The normalized spacial score (nSPS) is 21.7. The van der Waals surface area contributed by atoms with Crippen molar-refractivity contribution in [2.45, 2.75) is 6.42 Å². The van der Waals surface area contributed by atoms with Crippen LogP contribution in [0.4, 0.5) is 5.13 Å². The van der Waals surface area contributed by atoms with Crippen LogP contribution < -0.4 is 10.0 Å². The van der Waals surface area contributed by atoms with Gasteiger partial charge < -0.3 is 0 Å². The smallest absolute Gasteiger partial charge is 0.229 e. The summed E-state index contributed by atoms with van der Waals surface area (Å²) in [7, 11) is -3.53. The third-order valence-corrected chi connectivity index (χ3v) is 3.88. The summed E-state index contributed by atoms with van der Waals surface area (Å²) in [6.07, 6.45) is 1.55. The SMILES string of the molecule is NS(=O)(=O)CC1CC(=O)N(c2ncns2)C1. The summed E-state index contributed by atoms with van der Waals surface area (Å²) >= 11 is 1.11. The Kier molecular flexibility index (Phi) is 2.91. The minimum atomic E-state index is -3.53. The number of nitrogens with zero attached hydrogens (tertiary/aromatic N) is 3. The third-order valence-electron chi connectivity index (χ3n) is 2.25. The maximum absolute atomic E-state index is 11.6. The van der Waals surface area contributed by atoms with Crippen LogP contribution in [0.2, 0.25) is 0 Å². The van der Waals surface area contributed by atoms with Crippen LogP contribution in [0.3, 0.4) is 0 Å². The van der Waals surface area contributed by atoms with E-state index in [1.165, 1.54) is 11.2 Å². The van der Waals surface area contributed by atoms with Crippen LogP contribution in [-0.4, -0.2) is 36.0 Å². The molecular formula is C7H10N4O3S2. The fourth-order valence-corrected chi connectivity index (χ4v) is 3.13. The molecule has 1 aromatic heterocycles. The molecule has 1 aliphatic rings. The summed E-state index contributed by atoms with van der Waals surface area (Å²) in [5.41, 5.74) is 0. The quantitative estimate of drug-likeness (QED) is 0.766. The number of anilines is 1. The van der Waals surface area contributed by atoms with Gasteiger partial charge in [0.15, 0.2) is 0 Å². The first kappa shape index (κ1) is 11.4. The Balaban J connectivity index is 2.08. The van der Waals surface area contributed by atoms with E-state index in [1.54, 1.807) is 0 Å². The molecule has 16 heavy (non-hydrogen) atoms. The van der Waals surface area contributed by atoms with E-state index in [4.69, 9.17) is 5.14 Å². The van der Waals surface area contributed by atoms with Gasteiger partial charge >= 0.3 is 0 Å². The number of amides is 1. The molecule has 1 amide bonds. The van der Waals surface area contributed by atoms with Gasteiger partial charge in [-0.05, 0) is 0 Å².